The third-order valence-electron chi connectivity index (χ3n) is 4.07. The number of fused-ring (bicyclic) bond motifs is 1. The summed E-state index contributed by atoms with van der Waals surface area (Å²) in [6.45, 7) is 4.04. The molecule has 2 atom stereocenters. The molecule has 0 saturated heterocycles. The Balaban J connectivity index is 2.45. The second-order valence-corrected chi connectivity index (χ2v) is 4.85. The first-order valence-electron chi connectivity index (χ1n) is 5.47. The molecule has 2 heteroatoms. The van der Waals surface area contributed by atoms with Crippen molar-refractivity contribution in [3.63, 3.8) is 0 Å². The lowest BCUT2D eigenvalue weighted by molar-refractivity contribution is -0.117. The number of Topliss-reactive ketones (excluding diaryl/α,β-unsaturated/α-hetero) is 1. The fourth-order valence-electron chi connectivity index (χ4n) is 2.94. The molecule has 0 aromatic heterocycles. The third kappa shape index (κ3) is 1.24. The molecule has 0 aromatic carbocycles. The van der Waals surface area contributed by atoms with Crippen LogP contribution >= 0.6 is 0 Å². The molecule has 14 heavy (non-hydrogen) atoms. The Morgan fingerprint density at radius 1 is 1.43 bits per heavy atom. The Kier molecular flexibility index (Phi) is 2.26. The summed E-state index contributed by atoms with van der Waals surface area (Å²) in [4.78, 5) is 11.6. The summed E-state index contributed by atoms with van der Waals surface area (Å²) in [5.74, 6) is 0.284. The van der Waals surface area contributed by atoms with Crippen molar-refractivity contribution in [3.8, 4) is 0 Å². The van der Waals surface area contributed by atoms with E-state index in [0.717, 1.165) is 31.3 Å². The Bertz CT molecular complexity index is 303. The standard InChI is InChI=1S/C12H18O2/c1-8-9-4-3-5-11(14)12(9,2)7-6-10(8)13/h11,14H,3-7H2,1-2H3/t11-,12-/m0/s1. The lowest BCUT2D eigenvalue weighted by Crippen LogP contribution is -2.41. The van der Waals surface area contributed by atoms with Crippen LogP contribution < -0.4 is 0 Å². The first kappa shape index (κ1) is 9.91. The summed E-state index contributed by atoms with van der Waals surface area (Å²) in [7, 11) is 0. The van der Waals surface area contributed by atoms with Crippen molar-refractivity contribution in [2.24, 2.45) is 5.41 Å². The zero-order valence-electron chi connectivity index (χ0n) is 8.97. The lowest BCUT2D eigenvalue weighted by Gasteiger charge is -2.44. The van der Waals surface area contributed by atoms with Crippen LogP contribution in [0, 0.1) is 5.41 Å². The number of ketones is 1. The van der Waals surface area contributed by atoms with E-state index in [9.17, 15) is 9.90 Å². The fourth-order valence-corrected chi connectivity index (χ4v) is 2.94. The van der Waals surface area contributed by atoms with Crippen LogP contribution in [-0.4, -0.2) is 17.0 Å². The number of aliphatic hydroxyl groups excluding tert-OH is 1. The van der Waals surface area contributed by atoms with E-state index < -0.39 is 0 Å². The molecule has 2 aliphatic rings. The molecule has 0 aromatic rings. The maximum Gasteiger partial charge on any atom is 0.158 e. The molecule has 0 bridgehead atoms. The van der Waals surface area contributed by atoms with Gasteiger partial charge in [-0.3, -0.25) is 4.79 Å². The van der Waals surface area contributed by atoms with Gasteiger partial charge in [-0.1, -0.05) is 12.5 Å². The van der Waals surface area contributed by atoms with Gasteiger partial charge in [0.2, 0.25) is 0 Å². The predicted octanol–water partition coefficient (Wildman–Crippen LogP) is 2.22. The van der Waals surface area contributed by atoms with Crippen LogP contribution in [0.3, 0.4) is 0 Å². The molecular weight excluding hydrogens is 176 g/mol. The van der Waals surface area contributed by atoms with Crippen molar-refractivity contribution in [1.82, 2.24) is 0 Å². The van der Waals surface area contributed by atoms with E-state index in [0.29, 0.717) is 6.42 Å². The summed E-state index contributed by atoms with van der Waals surface area (Å²) in [6, 6.07) is 0. The van der Waals surface area contributed by atoms with Gasteiger partial charge in [-0.15, -0.1) is 0 Å². The average molecular weight is 194 g/mol. The summed E-state index contributed by atoms with van der Waals surface area (Å²) >= 11 is 0. The lowest BCUT2D eigenvalue weighted by atomic mass is 9.62. The predicted molar refractivity (Wildman–Crippen MR) is 54.9 cm³/mol. The Hall–Kier alpha value is -0.630. The first-order chi connectivity index (χ1) is 6.55. The third-order valence-corrected chi connectivity index (χ3v) is 4.07. The highest BCUT2D eigenvalue weighted by molar-refractivity contribution is 5.96. The van der Waals surface area contributed by atoms with Crippen molar-refractivity contribution in [3.05, 3.63) is 11.1 Å². The van der Waals surface area contributed by atoms with Crippen molar-refractivity contribution < 1.29 is 9.90 Å². The molecule has 0 amide bonds. The van der Waals surface area contributed by atoms with Crippen molar-refractivity contribution >= 4 is 5.78 Å². The normalized spacial score (nSPS) is 38.5. The van der Waals surface area contributed by atoms with E-state index in [4.69, 9.17) is 0 Å². The number of hydrogen-bond acceptors (Lipinski definition) is 2. The molecule has 2 rings (SSSR count). The van der Waals surface area contributed by atoms with E-state index in [1.807, 2.05) is 6.92 Å². The highest BCUT2D eigenvalue weighted by Gasteiger charge is 2.43. The quantitative estimate of drug-likeness (QED) is 0.642. The molecule has 2 nitrogen and oxygen atoms in total. The second kappa shape index (κ2) is 3.20. The number of aliphatic hydroxyl groups is 1. The van der Waals surface area contributed by atoms with E-state index in [-0.39, 0.29) is 17.3 Å². The number of rotatable bonds is 0. The summed E-state index contributed by atoms with van der Waals surface area (Å²) in [5.41, 5.74) is 2.06. The summed E-state index contributed by atoms with van der Waals surface area (Å²) in [6.07, 6.45) is 4.13. The molecule has 0 heterocycles. The monoisotopic (exact) mass is 194 g/mol. The second-order valence-electron chi connectivity index (χ2n) is 4.85. The number of carbonyl (C=O) groups is 1. The minimum Gasteiger partial charge on any atom is -0.392 e. The van der Waals surface area contributed by atoms with E-state index in [1.165, 1.54) is 5.57 Å². The molecule has 0 aliphatic heterocycles. The van der Waals surface area contributed by atoms with Crippen LogP contribution in [0.2, 0.25) is 0 Å². The number of hydrogen-bond donors (Lipinski definition) is 1. The van der Waals surface area contributed by atoms with Gasteiger partial charge in [0, 0.05) is 11.8 Å². The van der Waals surface area contributed by atoms with Gasteiger partial charge >= 0.3 is 0 Å². The van der Waals surface area contributed by atoms with Gasteiger partial charge in [-0.05, 0) is 38.2 Å². The first-order valence-corrected chi connectivity index (χ1v) is 5.47. The van der Waals surface area contributed by atoms with Crippen LogP contribution in [0.25, 0.3) is 0 Å². The van der Waals surface area contributed by atoms with Gasteiger partial charge < -0.3 is 5.11 Å². The molecule has 1 saturated carbocycles. The Morgan fingerprint density at radius 2 is 2.14 bits per heavy atom. The SMILES string of the molecule is CC1=C2CCC[C@H](O)[C@@]2(C)CCC1=O. The van der Waals surface area contributed by atoms with E-state index in [1.54, 1.807) is 0 Å². The molecular formula is C12H18O2. The summed E-state index contributed by atoms with van der Waals surface area (Å²) < 4.78 is 0. The maximum absolute atomic E-state index is 11.6. The minimum absolute atomic E-state index is 0.101. The van der Waals surface area contributed by atoms with Crippen molar-refractivity contribution in [1.29, 1.82) is 0 Å². The van der Waals surface area contributed by atoms with Gasteiger partial charge in [-0.25, -0.2) is 0 Å². The fraction of sp³-hybridized carbons (Fsp3) is 0.750. The van der Waals surface area contributed by atoms with Crippen LogP contribution in [0.15, 0.2) is 11.1 Å². The molecule has 2 aliphatic carbocycles. The Labute approximate surface area is 85.0 Å². The van der Waals surface area contributed by atoms with Gasteiger partial charge in [0.05, 0.1) is 6.10 Å². The van der Waals surface area contributed by atoms with Crippen LogP contribution in [0.4, 0.5) is 0 Å². The van der Waals surface area contributed by atoms with Gasteiger partial charge in [0.1, 0.15) is 0 Å². The van der Waals surface area contributed by atoms with Crippen LogP contribution in [0.1, 0.15) is 46.0 Å². The Morgan fingerprint density at radius 3 is 2.86 bits per heavy atom. The molecule has 0 unspecified atom stereocenters. The highest BCUT2D eigenvalue weighted by Crippen LogP contribution is 2.48. The van der Waals surface area contributed by atoms with Gasteiger partial charge in [0.15, 0.2) is 5.78 Å². The molecule has 0 spiro atoms. The van der Waals surface area contributed by atoms with Crippen molar-refractivity contribution in [2.75, 3.05) is 0 Å². The zero-order chi connectivity index (χ0) is 10.3. The number of carbonyl (C=O) groups excluding carboxylic acids is 1. The van der Waals surface area contributed by atoms with E-state index >= 15 is 0 Å². The number of allylic oxidation sites excluding steroid dienone is 1. The molecule has 78 valence electrons. The topological polar surface area (TPSA) is 37.3 Å². The summed E-state index contributed by atoms with van der Waals surface area (Å²) in [5, 5.41) is 10.0. The highest BCUT2D eigenvalue weighted by atomic mass is 16.3. The minimum atomic E-state index is -0.241. The van der Waals surface area contributed by atoms with Crippen molar-refractivity contribution in [2.45, 2.75) is 52.1 Å². The zero-order valence-corrected chi connectivity index (χ0v) is 8.97. The molecule has 1 N–H and O–H groups in total. The smallest absolute Gasteiger partial charge is 0.158 e. The maximum atomic E-state index is 11.6. The van der Waals surface area contributed by atoms with E-state index in [2.05, 4.69) is 6.92 Å². The van der Waals surface area contributed by atoms with Gasteiger partial charge in [0.25, 0.3) is 0 Å². The van der Waals surface area contributed by atoms with Gasteiger partial charge in [-0.2, -0.15) is 0 Å². The average Bonchev–Trinajstić information content (AvgIpc) is 2.16. The van der Waals surface area contributed by atoms with Crippen LogP contribution in [-0.2, 0) is 4.79 Å². The molecule has 1 fully saturated rings. The molecule has 0 radical (unpaired) electrons. The van der Waals surface area contributed by atoms with Crippen LogP contribution in [0.5, 0.6) is 0 Å². The largest absolute Gasteiger partial charge is 0.392 e.